The highest BCUT2D eigenvalue weighted by molar-refractivity contribution is 14.2. The molecule has 3 N–H and O–H groups in total. The van der Waals surface area contributed by atoms with Gasteiger partial charge in [0.2, 0.25) is 0 Å². The Labute approximate surface area is 171 Å². The topological polar surface area (TPSA) is 55.1 Å². The van der Waals surface area contributed by atoms with Gasteiger partial charge in [0.1, 0.15) is 0 Å². The Bertz CT molecular complexity index is 316. The van der Waals surface area contributed by atoms with E-state index in [0.717, 1.165) is 12.1 Å². The zero-order valence-corrected chi connectivity index (χ0v) is 19.9. The Morgan fingerprint density at radius 3 is 1.80 bits per heavy atom. The van der Waals surface area contributed by atoms with Gasteiger partial charge in [-0.3, -0.25) is 4.79 Å². The number of carbonyl (C=O) groups is 1. The van der Waals surface area contributed by atoms with Crippen LogP contribution in [0.25, 0.3) is 0 Å². The standard InChI is InChI=1S/C20H42IN2OP/c1-4-6-8-10-12-14-16-19(15-13-11-9-7-5-2)17-25(21)20(24)23-18(3)22/h18-19H,4-17,22H2,1-3H3,(H,23,24). The first-order valence-corrected chi connectivity index (χ1v) is 14.8. The number of unbranched alkanes of at least 4 members (excludes halogenated alkanes) is 9. The van der Waals surface area contributed by atoms with Crippen LogP contribution in [0.3, 0.4) is 0 Å². The van der Waals surface area contributed by atoms with E-state index in [-0.39, 0.29) is 11.8 Å². The molecule has 0 aromatic heterocycles. The monoisotopic (exact) mass is 484 g/mol. The van der Waals surface area contributed by atoms with Gasteiger partial charge in [-0.2, -0.15) is 0 Å². The van der Waals surface area contributed by atoms with Crippen molar-refractivity contribution in [2.75, 3.05) is 6.16 Å². The molecule has 0 radical (unpaired) electrons. The molecule has 0 saturated heterocycles. The molecular formula is C20H42IN2OP. The number of hydrogen-bond donors (Lipinski definition) is 2. The molecule has 5 heteroatoms. The first-order chi connectivity index (χ1) is 12.0. The molecule has 3 unspecified atom stereocenters. The summed E-state index contributed by atoms with van der Waals surface area (Å²) in [4.78, 5) is 12.2. The number of nitrogens with two attached hydrogens (primary N) is 1. The van der Waals surface area contributed by atoms with Crippen LogP contribution in [-0.4, -0.2) is 18.0 Å². The van der Waals surface area contributed by atoms with Crippen molar-refractivity contribution in [1.82, 2.24) is 5.32 Å². The lowest BCUT2D eigenvalue weighted by molar-refractivity contribution is 0.257. The molecule has 150 valence electrons. The molecule has 0 aliphatic rings. The SMILES string of the molecule is CCCCCCCCC(CCCCCCC)CP(I)C(=O)NC(C)N. The number of carbonyl (C=O) groups excluding carboxylic acids is 1. The van der Waals surface area contributed by atoms with Gasteiger partial charge < -0.3 is 11.1 Å². The number of nitrogens with one attached hydrogen (secondary N) is 1. The van der Waals surface area contributed by atoms with Crippen LogP contribution in [0.1, 0.15) is 104 Å². The zero-order chi connectivity index (χ0) is 18.9. The molecule has 0 rings (SSSR count). The third kappa shape index (κ3) is 16.5. The lowest BCUT2D eigenvalue weighted by atomic mass is 9.96. The highest BCUT2D eigenvalue weighted by Crippen LogP contribution is 2.48. The third-order valence-corrected chi connectivity index (χ3v) is 8.57. The lowest BCUT2D eigenvalue weighted by Gasteiger charge is -2.21. The summed E-state index contributed by atoms with van der Waals surface area (Å²) in [7, 11) is 0. The van der Waals surface area contributed by atoms with Gasteiger partial charge in [0, 0.05) is 0 Å². The van der Waals surface area contributed by atoms with Crippen molar-refractivity contribution >= 4 is 33.3 Å². The van der Waals surface area contributed by atoms with Gasteiger partial charge in [-0.25, -0.2) is 0 Å². The summed E-state index contributed by atoms with van der Waals surface area (Å²) >= 11 is 2.37. The highest BCUT2D eigenvalue weighted by Gasteiger charge is 2.20. The van der Waals surface area contributed by atoms with Crippen LogP contribution in [0, 0.1) is 5.92 Å². The van der Waals surface area contributed by atoms with Gasteiger partial charge in [-0.05, 0) is 41.0 Å². The van der Waals surface area contributed by atoms with Crippen molar-refractivity contribution < 1.29 is 4.79 Å². The molecule has 3 atom stereocenters. The fraction of sp³-hybridized carbons (Fsp3) is 0.950. The van der Waals surface area contributed by atoms with Crippen molar-refractivity contribution in [3.8, 4) is 0 Å². The first kappa shape index (κ1) is 25.6. The maximum atomic E-state index is 12.2. The largest absolute Gasteiger partial charge is 0.337 e. The van der Waals surface area contributed by atoms with Gasteiger partial charge in [0.15, 0.2) is 0 Å². The third-order valence-electron chi connectivity index (χ3n) is 4.67. The predicted molar refractivity (Wildman–Crippen MR) is 123 cm³/mol. The summed E-state index contributed by atoms with van der Waals surface area (Å²) in [5, 5.41) is 2.88. The minimum absolute atomic E-state index is 0.171. The summed E-state index contributed by atoms with van der Waals surface area (Å²) < 4.78 is 0. The van der Waals surface area contributed by atoms with Crippen molar-refractivity contribution in [3.05, 3.63) is 0 Å². The van der Waals surface area contributed by atoms with Crippen LogP contribution < -0.4 is 11.1 Å². The second-order valence-electron chi connectivity index (χ2n) is 7.41. The normalized spacial score (nSPS) is 14.9. The molecule has 0 fully saturated rings. The summed E-state index contributed by atoms with van der Waals surface area (Å²) in [5.41, 5.74) is 5.24. The van der Waals surface area contributed by atoms with E-state index in [1.807, 2.05) is 6.92 Å². The lowest BCUT2D eigenvalue weighted by Crippen LogP contribution is -2.37. The van der Waals surface area contributed by atoms with E-state index < -0.39 is 5.56 Å². The molecule has 0 aliphatic carbocycles. The van der Waals surface area contributed by atoms with Crippen LogP contribution in [0.15, 0.2) is 0 Å². The highest BCUT2D eigenvalue weighted by atomic mass is 127. The zero-order valence-electron chi connectivity index (χ0n) is 16.9. The van der Waals surface area contributed by atoms with E-state index in [1.54, 1.807) is 0 Å². The molecule has 0 saturated carbocycles. The number of hydrogen-bond acceptors (Lipinski definition) is 2. The van der Waals surface area contributed by atoms with Crippen LogP contribution in [0.4, 0.5) is 4.79 Å². The summed E-state index contributed by atoms with van der Waals surface area (Å²) in [6.45, 7) is 6.37. The van der Waals surface area contributed by atoms with Crippen molar-refractivity contribution in [2.24, 2.45) is 11.7 Å². The molecule has 1 amide bonds. The van der Waals surface area contributed by atoms with E-state index in [4.69, 9.17) is 5.73 Å². The van der Waals surface area contributed by atoms with Gasteiger partial charge in [0.25, 0.3) is 5.65 Å². The minimum Gasteiger partial charge on any atom is -0.337 e. The van der Waals surface area contributed by atoms with E-state index >= 15 is 0 Å². The van der Waals surface area contributed by atoms with Crippen LogP contribution in [0.5, 0.6) is 0 Å². The number of amides is 1. The number of rotatable bonds is 17. The second kappa shape index (κ2) is 18.0. The average Bonchev–Trinajstić information content (AvgIpc) is 2.56. The summed E-state index contributed by atoms with van der Waals surface area (Å²) in [6, 6.07) is 0. The van der Waals surface area contributed by atoms with E-state index in [2.05, 4.69) is 41.2 Å². The molecule has 3 nitrogen and oxygen atoms in total. The smallest absolute Gasteiger partial charge is 0.252 e. The summed E-state index contributed by atoms with van der Waals surface area (Å²) in [5.74, 6) is 0.717. The molecule has 0 spiro atoms. The van der Waals surface area contributed by atoms with Crippen LogP contribution >= 0.6 is 27.6 Å². The van der Waals surface area contributed by atoms with Gasteiger partial charge in [-0.1, -0.05) is 97.3 Å². The summed E-state index contributed by atoms with van der Waals surface area (Å²) in [6.07, 6.45) is 18.3. The van der Waals surface area contributed by atoms with Crippen LogP contribution in [0.2, 0.25) is 0 Å². The first-order valence-electron chi connectivity index (χ1n) is 10.5. The fourth-order valence-corrected chi connectivity index (χ4v) is 6.57. The molecule has 25 heavy (non-hydrogen) atoms. The van der Waals surface area contributed by atoms with E-state index in [0.29, 0.717) is 0 Å². The van der Waals surface area contributed by atoms with Crippen molar-refractivity contribution in [2.45, 2.75) is 110 Å². The quantitative estimate of drug-likeness (QED) is 0.0969. The molecule has 0 aromatic carbocycles. The van der Waals surface area contributed by atoms with Crippen molar-refractivity contribution in [3.63, 3.8) is 0 Å². The Balaban J connectivity index is 4.19. The van der Waals surface area contributed by atoms with Crippen molar-refractivity contribution in [1.29, 1.82) is 0 Å². The molecule has 0 aliphatic heterocycles. The Kier molecular flexibility index (Phi) is 18.4. The van der Waals surface area contributed by atoms with E-state index in [9.17, 15) is 4.79 Å². The average molecular weight is 484 g/mol. The Hall–Kier alpha value is 0.590. The van der Waals surface area contributed by atoms with Gasteiger partial charge in [0.05, 0.1) is 11.7 Å². The molecule has 0 heterocycles. The molecule has 0 bridgehead atoms. The predicted octanol–water partition coefficient (Wildman–Crippen LogP) is 7.56. The Morgan fingerprint density at radius 2 is 1.36 bits per heavy atom. The van der Waals surface area contributed by atoms with Crippen LogP contribution in [-0.2, 0) is 0 Å². The maximum Gasteiger partial charge on any atom is 0.252 e. The fourth-order valence-electron chi connectivity index (χ4n) is 3.15. The molecular weight excluding hydrogens is 442 g/mol. The van der Waals surface area contributed by atoms with Gasteiger partial charge in [-0.15, -0.1) is 0 Å². The van der Waals surface area contributed by atoms with E-state index in [1.165, 1.54) is 83.5 Å². The number of halogens is 1. The second-order valence-corrected chi connectivity index (χ2v) is 12.4. The minimum atomic E-state index is -0.631. The maximum absolute atomic E-state index is 12.2. The van der Waals surface area contributed by atoms with Gasteiger partial charge >= 0.3 is 0 Å². The Morgan fingerprint density at radius 1 is 0.920 bits per heavy atom. The molecule has 0 aromatic rings.